The quantitative estimate of drug-likeness (QED) is 0.515. The van der Waals surface area contributed by atoms with Crippen LogP contribution >= 0.6 is 11.3 Å². The second kappa shape index (κ2) is 8.42. The fraction of sp³-hybridized carbons (Fsp3) is 0.269. The third-order valence-corrected chi connectivity index (χ3v) is 7.73. The molecule has 2 N–H and O–H groups in total. The summed E-state index contributed by atoms with van der Waals surface area (Å²) in [6, 6.07) is 12.6. The molecule has 1 aromatic heterocycles. The normalized spacial score (nSPS) is 19.7. The van der Waals surface area contributed by atoms with Crippen LogP contribution in [0.25, 0.3) is 10.6 Å². The number of piperidine rings is 1. The summed E-state index contributed by atoms with van der Waals surface area (Å²) in [5.41, 5.74) is 3.50. The molecule has 2 fully saturated rings. The van der Waals surface area contributed by atoms with E-state index in [2.05, 4.69) is 39.9 Å². The molecule has 1 atom stereocenters. The van der Waals surface area contributed by atoms with Gasteiger partial charge in [-0.15, -0.1) is 11.3 Å². The van der Waals surface area contributed by atoms with Crippen LogP contribution < -0.4 is 10.6 Å². The number of fused-ring (bicyclic) bond motifs is 1. The highest BCUT2D eigenvalue weighted by atomic mass is 32.1. The monoisotopic (exact) mass is 486 g/mol. The molecule has 8 nitrogen and oxygen atoms in total. The van der Waals surface area contributed by atoms with Gasteiger partial charge in [0.25, 0.3) is 11.8 Å². The maximum Gasteiger partial charge on any atom is 0.264 e. The van der Waals surface area contributed by atoms with Crippen LogP contribution in [0.4, 0.5) is 5.69 Å². The van der Waals surface area contributed by atoms with E-state index in [1.54, 1.807) is 29.5 Å². The molecule has 1 aliphatic carbocycles. The third-order valence-electron chi connectivity index (χ3n) is 6.68. The molecular weight excluding hydrogens is 464 g/mol. The van der Waals surface area contributed by atoms with Gasteiger partial charge >= 0.3 is 0 Å². The van der Waals surface area contributed by atoms with Gasteiger partial charge in [-0.1, -0.05) is 30.3 Å². The number of amides is 4. The average Bonchev–Trinajstić information content (AvgIpc) is 3.55. The third kappa shape index (κ3) is 3.91. The Labute approximate surface area is 205 Å². The van der Waals surface area contributed by atoms with E-state index < -0.39 is 29.7 Å². The Balaban J connectivity index is 1.18. The molecule has 176 valence electrons. The van der Waals surface area contributed by atoms with Crippen molar-refractivity contribution in [3.8, 4) is 10.6 Å². The predicted molar refractivity (Wildman–Crippen MR) is 130 cm³/mol. The first-order chi connectivity index (χ1) is 17.0. The lowest BCUT2D eigenvalue weighted by Crippen LogP contribution is -2.54. The van der Waals surface area contributed by atoms with Crippen LogP contribution in [0.5, 0.6) is 0 Å². The van der Waals surface area contributed by atoms with E-state index in [0.717, 1.165) is 20.3 Å². The van der Waals surface area contributed by atoms with E-state index in [1.165, 1.54) is 18.4 Å². The molecule has 3 aromatic rings. The van der Waals surface area contributed by atoms with Gasteiger partial charge in [0.1, 0.15) is 11.0 Å². The number of nitrogens with one attached hydrogen (secondary N) is 2. The molecule has 1 saturated heterocycles. The average molecular weight is 487 g/mol. The van der Waals surface area contributed by atoms with Crippen LogP contribution in [0.1, 0.15) is 62.8 Å². The number of benzene rings is 2. The van der Waals surface area contributed by atoms with Crippen molar-refractivity contribution < 1.29 is 19.2 Å². The predicted octanol–water partition coefficient (Wildman–Crippen LogP) is 3.70. The molecule has 4 amide bonds. The van der Waals surface area contributed by atoms with Crippen LogP contribution in [0, 0.1) is 0 Å². The van der Waals surface area contributed by atoms with Crippen LogP contribution in [-0.4, -0.2) is 39.6 Å². The minimum absolute atomic E-state index is 0.0892. The van der Waals surface area contributed by atoms with Gasteiger partial charge in [0.2, 0.25) is 11.8 Å². The highest BCUT2D eigenvalue weighted by Crippen LogP contribution is 2.40. The highest BCUT2D eigenvalue weighted by Gasteiger charge is 2.45. The summed E-state index contributed by atoms with van der Waals surface area (Å²) in [7, 11) is 0. The Bertz CT molecular complexity index is 1380. The van der Waals surface area contributed by atoms with Crippen molar-refractivity contribution in [3.63, 3.8) is 0 Å². The Morgan fingerprint density at radius 3 is 2.54 bits per heavy atom. The van der Waals surface area contributed by atoms with Crippen molar-refractivity contribution >= 4 is 40.7 Å². The number of hydrogen-bond donors (Lipinski definition) is 2. The Hall–Kier alpha value is -3.85. The van der Waals surface area contributed by atoms with E-state index in [1.807, 2.05) is 6.20 Å². The number of anilines is 1. The zero-order chi connectivity index (χ0) is 24.1. The second-order valence-electron chi connectivity index (χ2n) is 9.06. The number of thiazole rings is 1. The second-order valence-corrected chi connectivity index (χ2v) is 10.2. The number of carbonyl (C=O) groups excluding carboxylic acids is 4. The lowest BCUT2D eigenvalue weighted by atomic mass is 10.0. The van der Waals surface area contributed by atoms with Crippen molar-refractivity contribution in [1.82, 2.24) is 15.2 Å². The topological polar surface area (TPSA) is 108 Å². The Kier molecular flexibility index (Phi) is 5.21. The molecule has 9 heteroatoms. The van der Waals surface area contributed by atoms with Gasteiger partial charge in [0.05, 0.1) is 17.7 Å². The SMILES string of the molecule is O=C1CCC(N2C(=O)c3cccc(NCc4cnc(-c5ccc(C6CC6)cc5)s4)c3C2=O)C(=O)N1. The molecule has 0 bridgehead atoms. The maximum atomic E-state index is 13.2. The van der Waals surface area contributed by atoms with Gasteiger partial charge in [-0.2, -0.15) is 0 Å². The van der Waals surface area contributed by atoms with Crippen LogP contribution in [0.3, 0.4) is 0 Å². The largest absolute Gasteiger partial charge is 0.379 e. The number of aromatic nitrogens is 1. The molecule has 2 aromatic carbocycles. The van der Waals surface area contributed by atoms with Gasteiger partial charge in [-0.05, 0) is 42.9 Å². The molecule has 3 aliphatic rings. The van der Waals surface area contributed by atoms with Crippen molar-refractivity contribution in [2.45, 2.75) is 44.2 Å². The van der Waals surface area contributed by atoms with Crippen LogP contribution in [0.2, 0.25) is 0 Å². The first kappa shape index (κ1) is 21.7. The number of carbonyl (C=O) groups is 4. The summed E-state index contributed by atoms with van der Waals surface area (Å²) >= 11 is 1.57. The van der Waals surface area contributed by atoms with E-state index >= 15 is 0 Å². The molecule has 6 rings (SSSR count). The summed E-state index contributed by atoms with van der Waals surface area (Å²) in [5, 5.41) is 6.41. The summed E-state index contributed by atoms with van der Waals surface area (Å²) in [6.07, 6.45) is 4.58. The van der Waals surface area contributed by atoms with E-state index in [9.17, 15) is 19.2 Å². The van der Waals surface area contributed by atoms with Gasteiger partial charge in [0, 0.05) is 28.7 Å². The fourth-order valence-electron chi connectivity index (χ4n) is 4.68. The number of imide groups is 2. The number of nitrogens with zero attached hydrogens (tertiary/aromatic N) is 2. The molecule has 2 aliphatic heterocycles. The zero-order valence-electron chi connectivity index (χ0n) is 18.7. The lowest BCUT2D eigenvalue weighted by Gasteiger charge is -2.27. The van der Waals surface area contributed by atoms with Crippen molar-refractivity contribution in [2.75, 3.05) is 5.32 Å². The fourth-order valence-corrected chi connectivity index (χ4v) is 5.54. The lowest BCUT2D eigenvalue weighted by molar-refractivity contribution is -0.136. The van der Waals surface area contributed by atoms with Crippen molar-refractivity contribution in [2.24, 2.45) is 0 Å². The Morgan fingerprint density at radius 2 is 1.80 bits per heavy atom. The first-order valence-electron chi connectivity index (χ1n) is 11.6. The number of rotatable bonds is 6. The summed E-state index contributed by atoms with van der Waals surface area (Å²) < 4.78 is 0. The van der Waals surface area contributed by atoms with Crippen molar-refractivity contribution in [1.29, 1.82) is 0 Å². The van der Waals surface area contributed by atoms with Crippen LogP contribution in [-0.2, 0) is 16.1 Å². The van der Waals surface area contributed by atoms with Gasteiger partial charge in [-0.3, -0.25) is 29.4 Å². The summed E-state index contributed by atoms with van der Waals surface area (Å²) in [4.78, 5) is 56.5. The van der Waals surface area contributed by atoms with Crippen molar-refractivity contribution in [3.05, 3.63) is 70.2 Å². The molecule has 1 unspecified atom stereocenters. The molecule has 0 spiro atoms. The van der Waals surface area contributed by atoms with Gasteiger partial charge in [-0.25, -0.2) is 4.98 Å². The minimum Gasteiger partial charge on any atom is -0.379 e. The van der Waals surface area contributed by atoms with Crippen LogP contribution in [0.15, 0.2) is 48.7 Å². The summed E-state index contributed by atoms with van der Waals surface area (Å²) in [5.74, 6) is -1.34. The molecule has 35 heavy (non-hydrogen) atoms. The van der Waals surface area contributed by atoms with E-state index in [-0.39, 0.29) is 24.0 Å². The van der Waals surface area contributed by atoms with E-state index in [4.69, 9.17) is 0 Å². The molecule has 3 heterocycles. The molecule has 1 saturated carbocycles. The molecule has 0 radical (unpaired) electrons. The van der Waals surface area contributed by atoms with Gasteiger partial charge in [0.15, 0.2) is 0 Å². The maximum absolute atomic E-state index is 13.2. The molecular formula is C26H22N4O4S. The number of hydrogen-bond acceptors (Lipinski definition) is 7. The smallest absolute Gasteiger partial charge is 0.264 e. The van der Waals surface area contributed by atoms with Gasteiger partial charge < -0.3 is 5.32 Å². The standard InChI is InChI=1S/C26H22N4O4S/c31-21-11-10-20(23(32)29-21)30-25(33)18-2-1-3-19(22(18)26(30)34)27-12-17-13-28-24(35-17)16-8-6-15(7-9-16)14-4-5-14/h1-3,6-9,13-14,20,27H,4-5,10-12H2,(H,29,31,32). The first-order valence-corrected chi connectivity index (χ1v) is 12.4. The minimum atomic E-state index is -0.983. The zero-order valence-corrected chi connectivity index (χ0v) is 19.6. The highest BCUT2D eigenvalue weighted by molar-refractivity contribution is 7.15. The van der Waals surface area contributed by atoms with E-state index in [0.29, 0.717) is 18.2 Å². The summed E-state index contributed by atoms with van der Waals surface area (Å²) in [6.45, 7) is 0.439. The Morgan fingerprint density at radius 1 is 1.00 bits per heavy atom.